The van der Waals surface area contributed by atoms with Crippen molar-refractivity contribution in [2.75, 3.05) is 0 Å². The van der Waals surface area contributed by atoms with Gasteiger partial charge in [-0.15, -0.1) is 0 Å². The molecule has 1 fully saturated rings. The molecule has 16 heavy (non-hydrogen) atoms. The molecule has 1 aliphatic carbocycles. The lowest BCUT2D eigenvalue weighted by molar-refractivity contribution is 0.610. The van der Waals surface area contributed by atoms with E-state index >= 15 is 0 Å². The van der Waals surface area contributed by atoms with Gasteiger partial charge in [-0.2, -0.15) is 0 Å². The van der Waals surface area contributed by atoms with Gasteiger partial charge in [-0.25, -0.2) is 4.98 Å². The molecule has 0 bridgehead atoms. The Bertz CT molecular complexity index is 523. The maximum Gasteiger partial charge on any atom is 0.0995 e. The van der Waals surface area contributed by atoms with Gasteiger partial charge < -0.3 is 10.1 Å². The van der Waals surface area contributed by atoms with E-state index in [1.54, 1.807) is 0 Å². The lowest BCUT2D eigenvalue weighted by atomic mass is 10.0. The molecule has 2 aromatic heterocycles. The Morgan fingerprint density at radius 1 is 1.50 bits per heavy atom. The van der Waals surface area contributed by atoms with Crippen LogP contribution in [0.15, 0.2) is 24.7 Å². The molecule has 0 saturated heterocycles. The van der Waals surface area contributed by atoms with Gasteiger partial charge in [-0.1, -0.05) is 6.07 Å². The fourth-order valence-electron chi connectivity index (χ4n) is 2.29. The second kappa shape index (κ2) is 3.32. The van der Waals surface area contributed by atoms with Gasteiger partial charge in [0.15, 0.2) is 0 Å². The molecule has 3 rings (SSSR count). The summed E-state index contributed by atoms with van der Waals surface area (Å²) in [6.45, 7) is 2.06. The quantitative estimate of drug-likeness (QED) is 0.851. The Morgan fingerprint density at radius 3 is 3.06 bits per heavy atom. The Labute approximate surface area is 95.3 Å². The third-order valence-corrected chi connectivity index (χ3v) is 3.61. The first-order valence-electron chi connectivity index (χ1n) is 5.88. The van der Waals surface area contributed by atoms with Crippen LogP contribution in [0.1, 0.15) is 30.5 Å². The van der Waals surface area contributed by atoms with Crippen molar-refractivity contribution in [3.63, 3.8) is 0 Å². The van der Waals surface area contributed by atoms with Crippen molar-refractivity contribution < 1.29 is 0 Å². The van der Waals surface area contributed by atoms with E-state index < -0.39 is 0 Å². The van der Waals surface area contributed by atoms with Gasteiger partial charge in [0.05, 0.1) is 17.5 Å². The molecular formula is C13H17N3. The summed E-state index contributed by atoms with van der Waals surface area (Å²) in [5.74, 6) is 0. The van der Waals surface area contributed by atoms with E-state index in [0.29, 0.717) is 0 Å². The lowest BCUT2D eigenvalue weighted by Gasteiger charge is -2.09. The van der Waals surface area contributed by atoms with Crippen molar-refractivity contribution in [1.29, 1.82) is 0 Å². The molecule has 0 aliphatic heterocycles. The SMILES string of the molecule is Cc1ncn2cccc(CCC3(N)CC3)c12. The van der Waals surface area contributed by atoms with Gasteiger partial charge in [0.1, 0.15) is 0 Å². The number of pyridine rings is 1. The summed E-state index contributed by atoms with van der Waals surface area (Å²) in [6, 6.07) is 4.27. The first-order chi connectivity index (χ1) is 7.68. The zero-order valence-corrected chi connectivity index (χ0v) is 9.61. The minimum atomic E-state index is 0.140. The summed E-state index contributed by atoms with van der Waals surface area (Å²) in [5, 5.41) is 0. The van der Waals surface area contributed by atoms with Crippen molar-refractivity contribution in [3.05, 3.63) is 35.9 Å². The summed E-state index contributed by atoms with van der Waals surface area (Å²) >= 11 is 0. The molecule has 0 atom stereocenters. The summed E-state index contributed by atoms with van der Waals surface area (Å²) in [6.07, 6.45) is 8.46. The third-order valence-electron chi connectivity index (χ3n) is 3.61. The van der Waals surface area contributed by atoms with Crippen molar-refractivity contribution in [2.24, 2.45) is 5.73 Å². The highest BCUT2D eigenvalue weighted by molar-refractivity contribution is 5.58. The zero-order chi connectivity index (χ0) is 11.2. The average molecular weight is 215 g/mol. The molecule has 2 aromatic rings. The fraction of sp³-hybridized carbons (Fsp3) is 0.462. The minimum Gasteiger partial charge on any atom is -0.325 e. The Morgan fingerprint density at radius 2 is 2.31 bits per heavy atom. The predicted octanol–water partition coefficient (Wildman–Crippen LogP) is 2.07. The number of nitrogens with zero attached hydrogens (tertiary/aromatic N) is 2. The molecule has 1 saturated carbocycles. The van der Waals surface area contributed by atoms with Crippen LogP contribution in [0.3, 0.4) is 0 Å². The van der Waals surface area contributed by atoms with Crippen LogP contribution in [0.2, 0.25) is 0 Å². The molecule has 3 heteroatoms. The summed E-state index contributed by atoms with van der Waals surface area (Å²) in [5.41, 5.74) is 10.0. The summed E-state index contributed by atoms with van der Waals surface area (Å²) in [4.78, 5) is 4.35. The summed E-state index contributed by atoms with van der Waals surface area (Å²) in [7, 11) is 0. The van der Waals surface area contributed by atoms with Gasteiger partial charge in [0.2, 0.25) is 0 Å². The smallest absolute Gasteiger partial charge is 0.0995 e. The Balaban J connectivity index is 1.93. The molecule has 0 radical (unpaired) electrons. The van der Waals surface area contributed by atoms with E-state index in [0.717, 1.165) is 18.5 Å². The van der Waals surface area contributed by atoms with E-state index in [1.807, 2.05) is 12.5 Å². The van der Waals surface area contributed by atoms with Crippen LogP contribution in [0.25, 0.3) is 5.52 Å². The number of nitrogens with two attached hydrogens (primary N) is 1. The van der Waals surface area contributed by atoms with Gasteiger partial charge in [0.25, 0.3) is 0 Å². The number of fused-ring (bicyclic) bond motifs is 1. The monoisotopic (exact) mass is 215 g/mol. The largest absolute Gasteiger partial charge is 0.325 e. The molecule has 0 amide bonds. The Hall–Kier alpha value is -1.35. The van der Waals surface area contributed by atoms with Gasteiger partial charge in [0, 0.05) is 11.7 Å². The Kier molecular flexibility index (Phi) is 2.04. The van der Waals surface area contributed by atoms with Crippen LogP contribution >= 0.6 is 0 Å². The molecule has 2 N–H and O–H groups in total. The number of imidazole rings is 1. The number of aromatic nitrogens is 2. The predicted molar refractivity (Wildman–Crippen MR) is 64.4 cm³/mol. The molecule has 1 aliphatic rings. The number of hydrogen-bond acceptors (Lipinski definition) is 2. The van der Waals surface area contributed by atoms with E-state index in [4.69, 9.17) is 5.73 Å². The highest BCUT2D eigenvalue weighted by Gasteiger charge is 2.37. The van der Waals surface area contributed by atoms with Crippen LogP contribution in [0.5, 0.6) is 0 Å². The van der Waals surface area contributed by atoms with Crippen molar-refractivity contribution in [3.8, 4) is 0 Å². The highest BCUT2D eigenvalue weighted by atomic mass is 15.0. The van der Waals surface area contributed by atoms with Crippen LogP contribution in [0.4, 0.5) is 0 Å². The fourth-order valence-corrected chi connectivity index (χ4v) is 2.29. The first-order valence-corrected chi connectivity index (χ1v) is 5.88. The molecule has 84 valence electrons. The van der Waals surface area contributed by atoms with Gasteiger partial charge >= 0.3 is 0 Å². The van der Waals surface area contributed by atoms with Gasteiger partial charge in [-0.05, 0) is 44.2 Å². The van der Waals surface area contributed by atoms with E-state index in [-0.39, 0.29) is 5.54 Å². The van der Waals surface area contributed by atoms with E-state index in [2.05, 4.69) is 28.4 Å². The van der Waals surface area contributed by atoms with Crippen molar-refractivity contribution in [1.82, 2.24) is 9.38 Å². The van der Waals surface area contributed by atoms with Crippen LogP contribution in [-0.4, -0.2) is 14.9 Å². The zero-order valence-electron chi connectivity index (χ0n) is 9.61. The number of aryl methyl sites for hydroxylation is 2. The number of hydrogen-bond donors (Lipinski definition) is 1. The standard InChI is InChI=1S/C13H17N3/c1-10-12-11(4-5-13(14)6-7-13)3-2-8-16(12)9-15-10/h2-3,8-9H,4-7,14H2,1H3. The maximum atomic E-state index is 6.13. The summed E-state index contributed by atoms with van der Waals surface area (Å²) < 4.78 is 2.10. The first kappa shape index (κ1) is 9.85. The molecule has 0 unspecified atom stereocenters. The maximum absolute atomic E-state index is 6.13. The number of rotatable bonds is 3. The van der Waals surface area contributed by atoms with E-state index in [1.165, 1.54) is 23.9 Å². The second-order valence-corrected chi connectivity index (χ2v) is 4.98. The molecule has 0 aromatic carbocycles. The second-order valence-electron chi connectivity index (χ2n) is 4.98. The molecular weight excluding hydrogens is 198 g/mol. The third kappa shape index (κ3) is 1.61. The molecule has 3 nitrogen and oxygen atoms in total. The van der Waals surface area contributed by atoms with E-state index in [9.17, 15) is 0 Å². The average Bonchev–Trinajstić information content (AvgIpc) is 2.90. The van der Waals surface area contributed by atoms with Crippen LogP contribution < -0.4 is 5.73 Å². The molecule has 2 heterocycles. The lowest BCUT2D eigenvalue weighted by Crippen LogP contribution is -2.22. The van der Waals surface area contributed by atoms with Crippen LogP contribution in [0, 0.1) is 6.92 Å². The minimum absolute atomic E-state index is 0.140. The highest BCUT2D eigenvalue weighted by Crippen LogP contribution is 2.36. The molecule has 0 spiro atoms. The normalized spacial score (nSPS) is 17.9. The van der Waals surface area contributed by atoms with Crippen LogP contribution in [-0.2, 0) is 6.42 Å². The van der Waals surface area contributed by atoms with Crippen molar-refractivity contribution in [2.45, 2.75) is 38.1 Å². The van der Waals surface area contributed by atoms with Gasteiger partial charge in [-0.3, -0.25) is 0 Å². The van der Waals surface area contributed by atoms with Crippen molar-refractivity contribution >= 4 is 5.52 Å². The topological polar surface area (TPSA) is 43.3 Å².